The van der Waals surface area contributed by atoms with Gasteiger partial charge in [0.25, 0.3) is 5.91 Å². The highest BCUT2D eigenvalue weighted by molar-refractivity contribution is 5.97. The van der Waals surface area contributed by atoms with Gasteiger partial charge >= 0.3 is 6.03 Å². The average molecular weight is 254 g/mol. The maximum atomic E-state index is 11.7. The van der Waals surface area contributed by atoms with E-state index in [-0.39, 0.29) is 24.7 Å². The van der Waals surface area contributed by atoms with Gasteiger partial charge < -0.3 is 22.1 Å². The maximum absolute atomic E-state index is 11.7. The summed E-state index contributed by atoms with van der Waals surface area (Å²) in [5.41, 5.74) is 12.0. The number of nitrogens with one attached hydrogen (secondary N) is 3. The number of nitrogens with two attached hydrogens (primary N) is 2. The van der Waals surface area contributed by atoms with Crippen molar-refractivity contribution in [2.75, 3.05) is 18.8 Å². The summed E-state index contributed by atoms with van der Waals surface area (Å²) in [5.74, 6) is -0.377. The molecule has 0 aliphatic heterocycles. The van der Waals surface area contributed by atoms with E-state index in [2.05, 4.69) is 20.8 Å². The molecular formula is C10H18N6O2. The molecule has 0 fully saturated rings. The second kappa shape index (κ2) is 6.48. The molecule has 0 aliphatic carbocycles. The Labute approximate surface area is 104 Å². The number of rotatable bonds is 6. The molecule has 18 heavy (non-hydrogen) atoms. The second-order valence-corrected chi connectivity index (χ2v) is 3.76. The Morgan fingerprint density at radius 1 is 1.33 bits per heavy atom. The van der Waals surface area contributed by atoms with Crippen molar-refractivity contribution in [2.24, 2.45) is 5.73 Å². The molecule has 0 spiro atoms. The zero-order chi connectivity index (χ0) is 13.5. The number of primary amides is 1. The highest BCUT2D eigenvalue weighted by atomic mass is 16.2. The Hall–Kier alpha value is -2.25. The summed E-state index contributed by atoms with van der Waals surface area (Å²) in [6.07, 6.45) is 1.66. The van der Waals surface area contributed by atoms with Crippen LogP contribution >= 0.6 is 0 Å². The normalized spacial score (nSPS) is 10.1. The minimum absolute atomic E-state index is 0.178. The van der Waals surface area contributed by atoms with Crippen molar-refractivity contribution in [2.45, 2.75) is 19.8 Å². The van der Waals surface area contributed by atoms with Gasteiger partial charge in [0.2, 0.25) is 0 Å². The number of nitrogens with zero attached hydrogens (tertiary/aromatic N) is 1. The van der Waals surface area contributed by atoms with Crippen molar-refractivity contribution >= 4 is 17.6 Å². The van der Waals surface area contributed by atoms with E-state index in [1.165, 1.54) is 0 Å². The summed E-state index contributed by atoms with van der Waals surface area (Å²) in [7, 11) is 0. The first-order valence-corrected chi connectivity index (χ1v) is 5.70. The van der Waals surface area contributed by atoms with Crippen LogP contribution in [0.4, 0.5) is 10.5 Å². The number of hydrogen-bond acceptors (Lipinski definition) is 4. The Bertz CT molecular complexity index is 428. The summed E-state index contributed by atoms with van der Waals surface area (Å²) in [6.45, 7) is 2.53. The first-order valence-electron chi connectivity index (χ1n) is 5.70. The lowest BCUT2D eigenvalue weighted by Gasteiger charge is -2.04. The molecule has 100 valence electrons. The van der Waals surface area contributed by atoms with Gasteiger partial charge in [-0.25, -0.2) is 4.79 Å². The van der Waals surface area contributed by atoms with Crippen molar-refractivity contribution < 1.29 is 9.59 Å². The van der Waals surface area contributed by atoms with Crippen molar-refractivity contribution in [3.8, 4) is 0 Å². The highest BCUT2D eigenvalue weighted by Gasteiger charge is 2.16. The van der Waals surface area contributed by atoms with Crippen LogP contribution in [0.5, 0.6) is 0 Å². The van der Waals surface area contributed by atoms with Crippen molar-refractivity contribution in [1.82, 2.24) is 20.8 Å². The van der Waals surface area contributed by atoms with Gasteiger partial charge in [0, 0.05) is 13.1 Å². The van der Waals surface area contributed by atoms with E-state index in [1.807, 2.05) is 6.92 Å². The van der Waals surface area contributed by atoms with Crippen LogP contribution < -0.4 is 22.1 Å². The molecular weight excluding hydrogens is 236 g/mol. The van der Waals surface area contributed by atoms with Gasteiger partial charge in [-0.2, -0.15) is 5.10 Å². The third-order valence-corrected chi connectivity index (χ3v) is 2.31. The zero-order valence-corrected chi connectivity index (χ0v) is 10.2. The van der Waals surface area contributed by atoms with E-state index in [1.54, 1.807) is 0 Å². The largest absolute Gasteiger partial charge is 0.395 e. The summed E-state index contributed by atoms with van der Waals surface area (Å²) in [6, 6.07) is -0.631. The fraction of sp³-hybridized carbons (Fsp3) is 0.500. The van der Waals surface area contributed by atoms with Gasteiger partial charge in [-0.3, -0.25) is 9.89 Å². The molecule has 7 N–H and O–H groups in total. The lowest BCUT2D eigenvalue weighted by molar-refractivity contribution is 0.0949. The number of H-pyrrole nitrogens is 1. The standard InChI is InChI=1S/C10H18N6O2/c1-2-3-6-7(11)8(16-15-6)9(17)13-4-5-14-10(12)18/h2-5,11H2,1H3,(H,13,17)(H,15,16)(H3,12,14,18). The minimum atomic E-state index is -0.631. The smallest absolute Gasteiger partial charge is 0.312 e. The Kier molecular flexibility index (Phi) is 4.97. The number of aryl methyl sites for hydroxylation is 1. The third kappa shape index (κ3) is 3.65. The van der Waals surface area contributed by atoms with Crippen LogP contribution in [0.3, 0.4) is 0 Å². The topological polar surface area (TPSA) is 139 Å². The second-order valence-electron chi connectivity index (χ2n) is 3.76. The van der Waals surface area contributed by atoms with E-state index in [0.717, 1.165) is 18.5 Å². The maximum Gasteiger partial charge on any atom is 0.312 e. The van der Waals surface area contributed by atoms with E-state index in [0.29, 0.717) is 5.69 Å². The van der Waals surface area contributed by atoms with Crippen LogP contribution in [0, 0.1) is 0 Å². The highest BCUT2D eigenvalue weighted by Crippen LogP contribution is 2.15. The first-order chi connectivity index (χ1) is 8.56. The predicted molar refractivity (Wildman–Crippen MR) is 66.9 cm³/mol. The summed E-state index contributed by atoms with van der Waals surface area (Å²) in [5, 5.41) is 11.5. The summed E-state index contributed by atoms with van der Waals surface area (Å²) < 4.78 is 0. The van der Waals surface area contributed by atoms with Crippen LogP contribution in [0.25, 0.3) is 0 Å². The van der Waals surface area contributed by atoms with E-state index >= 15 is 0 Å². The molecule has 0 atom stereocenters. The molecule has 0 bridgehead atoms. The number of anilines is 1. The van der Waals surface area contributed by atoms with E-state index in [9.17, 15) is 9.59 Å². The van der Waals surface area contributed by atoms with E-state index in [4.69, 9.17) is 11.5 Å². The number of urea groups is 1. The van der Waals surface area contributed by atoms with Gasteiger partial charge in [0.05, 0.1) is 11.4 Å². The molecule has 1 heterocycles. The molecule has 0 unspecified atom stereocenters. The average Bonchev–Trinajstić information content (AvgIpc) is 2.67. The lowest BCUT2D eigenvalue weighted by Crippen LogP contribution is -2.37. The number of aromatic nitrogens is 2. The Balaban J connectivity index is 2.49. The number of amides is 3. The molecule has 0 radical (unpaired) electrons. The summed E-state index contributed by atoms with van der Waals surface area (Å²) in [4.78, 5) is 22.1. The molecule has 1 aromatic rings. The van der Waals surface area contributed by atoms with Crippen LogP contribution in [0.2, 0.25) is 0 Å². The van der Waals surface area contributed by atoms with Crippen LogP contribution in [0.15, 0.2) is 0 Å². The molecule has 8 nitrogen and oxygen atoms in total. The number of aromatic amines is 1. The van der Waals surface area contributed by atoms with Gasteiger partial charge in [-0.1, -0.05) is 13.3 Å². The number of carbonyl (C=O) groups is 2. The quantitative estimate of drug-likeness (QED) is 0.430. The molecule has 1 rings (SSSR count). The lowest BCUT2D eigenvalue weighted by atomic mass is 10.2. The predicted octanol–water partition coefficient (Wildman–Crippen LogP) is -0.657. The van der Waals surface area contributed by atoms with Gasteiger partial charge in [-0.15, -0.1) is 0 Å². The fourth-order valence-corrected chi connectivity index (χ4v) is 1.45. The molecule has 0 saturated carbocycles. The number of nitrogen functional groups attached to an aromatic ring is 1. The first kappa shape index (κ1) is 13.8. The van der Waals surface area contributed by atoms with Crippen molar-refractivity contribution in [1.29, 1.82) is 0 Å². The minimum Gasteiger partial charge on any atom is -0.395 e. The van der Waals surface area contributed by atoms with Gasteiger partial charge in [0.15, 0.2) is 5.69 Å². The SMILES string of the molecule is CCCc1[nH]nc(C(=O)NCCNC(N)=O)c1N. The molecule has 0 aromatic carbocycles. The molecule has 1 aromatic heterocycles. The molecule has 3 amide bonds. The Morgan fingerprint density at radius 2 is 2.00 bits per heavy atom. The number of carbonyl (C=O) groups excluding carboxylic acids is 2. The van der Waals surface area contributed by atoms with Crippen LogP contribution in [-0.4, -0.2) is 35.2 Å². The molecule has 8 heteroatoms. The number of hydrogen-bond donors (Lipinski definition) is 5. The molecule has 0 saturated heterocycles. The monoisotopic (exact) mass is 254 g/mol. The van der Waals surface area contributed by atoms with Crippen LogP contribution in [0.1, 0.15) is 29.5 Å². The fourth-order valence-electron chi connectivity index (χ4n) is 1.45. The Morgan fingerprint density at radius 3 is 2.61 bits per heavy atom. The van der Waals surface area contributed by atoms with E-state index < -0.39 is 6.03 Å². The zero-order valence-electron chi connectivity index (χ0n) is 10.2. The van der Waals surface area contributed by atoms with Gasteiger partial charge in [0.1, 0.15) is 0 Å². The summed E-state index contributed by atoms with van der Waals surface area (Å²) >= 11 is 0. The van der Waals surface area contributed by atoms with Gasteiger partial charge in [-0.05, 0) is 6.42 Å². The van der Waals surface area contributed by atoms with Crippen molar-refractivity contribution in [3.63, 3.8) is 0 Å². The van der Waals surface area contributed by atoms with Crippen molar-refractivity contribution in [3.05, 3.63) is 11.4 Å². The molecule has 0 aliphatic rings. The third-order valence-electron chi connectivity index (χ3n) is 2.31. The van der Waals surface area contributed by atoms with Crippen LogP contribution in [-0.2, 0) is 6.42 Å².